The molecule has 9 atom stereocenters. The Kier molecular flexibility index (Phi) is 31.2. The van der Waals surface area contributed by atoms with E-state index < -0.39 is 49.7 Å². The molecule has 7 rings (SSSR count). The van der Waals surface area contributed by atoms with E-state index in [0.717, 1.165) is 25.7 Å². The maximum absolute atomic E-state index is 10.5. The fourth-order valence-corrected chi connectivity index (χ4v) is 12.1. The van der Waals surface area contributed by atoms with Gasteiger partial charge in [0.15, 0.2) is 23.7 Å². The van der Waals surface area contributed by atoms with Crippen molar-refractivity contribution >= 4 is 29.0 Å². The Morgan fingerprint density at radius 1 is 0.680 bits per heavy atom. The normalized spacial score (nSPS) is 24.7. The summed E-state index contributed by atoms with van der Waals surface area (Å²) in [7, 11) is -1.77. The number of allylic oxidation sites excluding steroid dienone is 1. The number of Topliss-reactive ketones (excluding diaryl/α,β-unsaturated/α-hetero) is 1. The van der Waals surface area contributed by atoms with Gasteiger partial charge in [0.1, 0.15) is 53.4 Å². The molecule has 7 N–H and O–H groups in total. The highest BCUT2D eigenvalue weighted by Gasteiger charge is 2.46. The Hall–Kier alpha value is -3.32. The van der Waals surface area contributed by atoms with Crippen LogP contribution in [-0.2, 0) is 38.0 Å². The minimum absolute atomic E-state index is 0.0104. The van der Waals surface area contributed by atoms with Crippen LogP contribution in [0.15, 0.2) is 116 Å². The maximum Gasteiger partial charge on any atom is 0.163 e. The summed E-state index contributed by atoms with van der Waals surface area (Å²) in [5.74, 6) is 0.627. The molecule has 4 fully saturated rings. The molecule has 1 unspecified atom stereocenters. The van der Waals surface area contributed by atoms with Crippen LogP contribution in [0.25, 0.3) is 0 Å². The number of carbonyl (C=O) groups is 1. The van der Waals surface area contributed by atoms with E-state index in [1.54, 1.807) is 13.8 Å². The zero-order valence-electron chi connectivity index (χ0n) is 46.7. The fourth-order valence-electron chi connectivity index (χ4n) is 8.60. The first-order valence-corrected chi connectivity index (χ1v) is 28.3. The molecule has 0 radical (unpaired) electrons. The monoisotopic (exact) mass is 1070 g/mol. The molecule has 15 nitrogen and oxygen atoms in total. The molecule has 4 saturated heterocycles. The second-order valence-corrected chi connectivity index (χ2v) is 23.8. The number of ether oxygens (including phenoxy) is 7. The second kappa shape index (κ2) is 34.5. The Bertz CT molecular complexity index is 1900. The number of hydrogen-bond donors (Lipinski definition) is 7. The lowest BCUT2D eigenvalue weighted by atomic mass is 10.1. The van der Waals surface area contributed by atoms with Gasteiger partial charge in [-0.3, -0.25) is 0 Å². The number of ketones is 1. The van der Waals surface area contributed by atoms with Crippen molar-refractivity contribution in [1.82, 2.24) is 0 Å². The van der Waals surface area contributed by atoms with Crippen LogP contribution >= 0.6 is 7.26 Å². The molecule has 0 saturated carbocycles. The number of benzene rings is 3. The van der Waals surface area contributed by atoms with Crippen molar-refractivity contribution < 1.29 is 73.7 Å². The van der Waals surface area contributed by atoms with E-state index >= 15 is 0 Å². The van der Waals surface area contributed by atoms with Gasteiger partial charge in [0.05, 0.1) is 56.7 Å². The van der Waals surface area contributed by atoms with Crippen LogP contribution in [0.4, 0.5) is 0 Å². The van der Waals surface area contributed by atoms with Gasteiger partial charge in [0, 0.05) is 18.9 Å². The molecule has 0 aromatic heterocycles. The van der Waals surface area contributed by atoms with Crippen molar-refractivity contribution in [2.45, 2.75) is 206 Å². The van der Waals surface area contributed by atoms with E-state index in [4.69, 9.17) is 68.9 Å². The minimum atomic E-state index is -1.77. The number of hydrogen-bond acceptors (Lipinski definition) is 15. The number of rotatable bonds is 17. The average molecular weight is 1070 g/mol. The van der Waals surface area contributed by atoms with Gasteiger partial charge < -0.3 is 73.7 Å². The van der Waals surface area contributed by atoms with Gasteiger partial charge in [-0.15, -0.1) is 0 Å². The molecule has 4 heterocycles. The van der Waals surface area contributed by atoms with Gasteiger partial charge in [-0.25, -0.2) is 0 Å². The van der Waals surface area contributed by atoms with Crippen molar-refractivity contribution in [3.05, 3.63) is 116 Å². The number of aliphatic hydroxyl groups excluding tert-OH is 7. The van der Waals surface area contributed by atoms with Crippen LogP contribution in [0.1, 0.15) is 128 Å². The van der Waals surface area contributed by atoms with Crippen molar-refractivity contribution in [2.24, 2.45) is 0 Å². The fraction of sp³-hybridized carbons (Fsp3) is 0.610. The van der Waals surface area contributed by atoms with Gasteiger partial charge in [0.2, 0.25) is 0 Å². The van der Waals surface area contributed by atoms with E-state index in [9.17, 15) is 4.79 Å². The van der Waals surface area contributed by atoms with Crippen LogP contribution in [0.3, 0.4) is 0 Å². The quantitative estimate of drug-likeness (QED) is 0.0518. The summed E-state index contributed by atoms with van der Waals surface area (Å²) in [6.07, 6.45) is 6.71. The topological polar surface area (TPSA) is 223 Å². The van der Waals surface area contributed by atoms with Crippen molar-refractivity contribution in [3.8, 4) is 0 Å². The van der Waals surface area contributed by atoms with E-state index in [1.807, 2.05) is 60.6 Å². The molecule has 75 heavy (non-hydrogen) atoms. The van der Waals surface area contributed by atoms with E-state index in [2.05, 4.69) is 110 Å². The molecule has 3 aromatic rings. The number of aliphatic hydroxyl groups is 7. The van der Waals surface area contributed by atoms with Crippen molar-refractivity contribution in [3.63, 3.8) is 0 Å². The van der Waals surface area contributed by atoms with Gasteiger partial charge in [-0.05, 0) is 131 Å². The van der Waals surface area contributed by atoms with Crippen LogP contribution in [0.2, 0.25) is 0 Å². The Morgan fingerprint density at radius 2 is 1.11 bits per heavy atom. The first-order chi connectivity index (χ1) is 35.4. The average Bonchev–Trinajstić information content (AvgIpc) is 3.99. The molecule has 0 spiro atoms. The molecule has 16 heteroatoms. The Labute approximate surface area is 449 Å². The van der Waals surface area contributed by atoms with Crippen LogP contribution in [0, 0.1) is 0 Å². The van der Waals surface area contributed by atoms with E-state index in [-0.39, 0.29) is 61.7 Å². The smallest absolute Gasteiger partial charge is 0.163 e. The zero-order valence-corrected chi connectivity index (χ0v) is 47.6. The lowest BCUT2D eigenvalue weighted by Gasteiger charge is -2.26. The van der Waals surface area contributed by atoms with Crippen LogP contribution in [-0.4, -0.2) is 147 Å². The molecule has 424 valence electrons. The summed E-state index contributed by atoms with van der Waals surface area (Å²) in [5, 5.41) is 65.8. The molecule has 0 bridgehead atoms. The highest BCUT2D eigenvalue weighted by atomic mass is 31.2. The third kappa shape index (κ3) is 24.5. The van der Waals surface area contributed by atoms with Crippen LogP contribution < -0.4 is 15.9 Å². The third-order valence-electron chi connectivity index (χ3n) is 12.0. The molecular formula is C59H94O15P+. The van der Waals surface area contributed by atoms with Crippen molar-refractivity contribution in [2.75, 3.05) is 26.4 Å². The molecule has 4 aliphatic heterocycles. The largest absolute Gasteiger partial charge is 0.394 e. The number of carbonyl (C=O) groups excluding carboxylic acids is 1. The lowest BCUT2D eigenvalue weighted by molar-refractivity contribution is -0.167. The summed E-state index contributed by atoms with van der Waals surface area (Å²) in [4.78, 5) is 10.5. The summed E-state index contributed by atoms with van der Waals surface area (Å²) in [5.41, 5.74) is 0. The SMILES string of the molecule is C/C=C/C[C@@H]1OC(C)(C)O[C@@H]1CO.C=C[P+](c1ccccc1)(c1ccccc1)c1ccccc1.CC(=O)CCC[C@H](O)[C@H](O)CO.CC(C)O.CC1(C)O[C@H]2CC(O)OC[C@H]2O1.CCCC[C@@H]1OC(C)(C)O[C@@H]1CO. The highest BCUT2D eigenvalue weighted by molar-refractivity contribution is 7.98. The number of unbranched alkanes of at least 4 members (excludes halogenated alkanes) is 1. The second-order valence-electron chi connectivity index (χ2n) is 20.4. The van der Waals surface area contributed by atoms with Gasteiger partial charge in [-0.1, -0.05) is 93.1 Å². The zero-order chi connectivity index (χ0) is 56.2. The third-order valence-corrected chi connectivity index (χ3v) is 15.9. The first-order valence-electron chi connectivity index (χ1n) is 26.5. The van der Waals surface area contributed by atoms with E-state index in [0.29, 0.717) is 32.3 Å². The molecule has 3 aromatic carbocycles. The predicted molar refractivity (Wildman–Crippen MR) is 298 cm³/mol. The number of fused-ring (bicyclic) bond motifs is 1. The van der Waals surface area contributed by atoms with Gasteiger partial charge in [0.25, 0.3) is 0 Å². The van der Waals surface area contributed by atoms with Gasteiger partial charge >= 0.3 is 0 Å². The summed E-state index contributed by atoms with van der Waals surface area (Å²) >= 11 is 0. The minimum Gasteiger partial charge on any atom is -0.394 e. The summed E-state index contributed by atoms with van der Waals surface area (Å²) in [6, 6.07) is 32.2. The maximum atomic E-state index is 10.5. The van der Waals surface area contributed by atoms with E-state index in [1.165, 1.54) is 22.8 Å². The summed E-state index contributed by atoms with van der Waals surface area (Å²) in [6.45, 7) is 24.6. The molecule has 4 aliphatic rings. The molecular weight excluding hydrogens is 980 g/mol. The predicted octanol–water partition coefficient (Wildman–Crippen LogP) is 7.37. The van der Waals surface area contributed by atoms with Crippen molar-refractivity contribution in [1.29, 1.82) is 0 Å². The Balaban J connectivity index is 0.000000321. The van der Waals surface area contributed by atoms with Crippen LogP contribution in [0.5, 0.6) is 0 Å². The standard InChI is InChI=1S/C20H18P.C10H20O3.C10H18O3.C8H14O4.C8H16O4.C3H8O/c1-2-21(18-12-6-3-7-13-18,19-14-8-4-9-15-19)20-16-10-5-11-17-20;2*1-4-5-6-8-9(7-11)13-10(2,3)12-8;1-8(2)11-5-3-7(9)10-4-6(5)12-8;1-6(10)3-2-4-7(11)8(12)5-9;1-3(2)4/h2-17H,1H2;8-9,11H,4-7H2,1-3H3;4-5,8-9,11H,6-7H2,1-3H3;5-7,9H,3-4H2,1-2H3;7-9,11-12H,2-5H2,1H3;3-4H,1-2H3/q+1;;;;;/b;;5-4+;;;/t;2*8-,9+;5-,6+,7?;7-,8+;/m.0000./s1. The lowest BCUT2D eigenvalue weighted by Crippen LogP contribution is -2.39. The first kappa shape index (κ1) is 67.8. The highest BCUT2D eigenvalue weighted by Crippen LogP contribution is 2.56. The summed E-state index contributed by atoms with van der Waals surface area (Å²) < 4.78 is 38.5. The Morgan fingerprint density at radius 3 is 1.52 bits per heavy atom. The van der Waals surface area contributed by atoms with Gasteiger partial charge in [-0.2, -0.15) is 0 Å². The molecule has 0 aliphatic carbocycles. The molecule has 0 amide bonds.